The summed E-state index contributed by atoms with van der Waals surface area (Å²) in [5.74, 6) is 0. The summed E-state index contributed by atoms with van der Waals surface area (Å²) in [6, 6.07) is 35.8. The molecule has 0 radical (unpaired) electrons. The molecule has 2 aliphatic rings. The zero-order valence-electron chi connectivity index (χ0n) is 18.2. The van der Waals surface area contributed by atoms with Gasteiger partial charge in [0.15, 0.2) is 0 Å². The molecule has 0 fully saturated rings. The van der Waals surface area contributed by atoms with E-state index in [1.54, 1.807) is 4.26 Å². The molecule has 0 N–H and O–H groups in total. The van der Waals surface area contributed by atoms with Crippen molar-refractivity contribution < 1.29 is 0 Å². The number of hydrogen-bond donors (Lipinski definition) is 0. The summed E-state index contributed by atoms with van der Waals surface area (Å²) in [6.45, 7) is 0.277. The van der Waals surface area contributed by atoms with Crippen molar-refractivity contribution >= 4 is 62.8 Å². The quantitative estimate of drug-likeness (QED) is 0.279. The molecule has 0 bridgehead atoms. The Morgan fingerprint density at radius 1 is 0.636 bits per heavy atom. The van der Waals surface area contributed by atoms with E-state index in [2.05, 4.69) is 114 Å². The van der Waals surface area contributed by atoms with Gasteiger partial charge in [0.25, 0.3) is 0 Å². The molecule has 0 saturated heterocycles. The van der Waals surface area contributed by atoms with Crippen LogP contribution >= 0.6 is 0 Å². The van der Waals surface area contributed by atoms with Crippen molar-refractivity contribution in [3.8, 4) is 0 Å². The van der Waals surface area contributed by atoms with Crippen molar-refractivity contribution in [1.82, 2.24) is 0 Å². The van der Waals surface area contributed by atoms with Gasteiger partial charge in [-0.15, -0.1) is 0 Å². The predicted molar refractivity (Wildman–Crippen MR) is 144 cm³/mol. The number of fused-ring (bicyclic) bond motifs is 5. The summed E-state index contributed by atoms with van der Waals surface area (Å²) in [6.07, 6.45) is 7.16. The topological polar surface area (TPSA) is 3.24 Å². The van der Waals surface area contributed by atoms with Crippen LogP contribution in [0.2, 0.25) is 0 Å². The van der Waals surface area contributed by atoms with Gasteiger partial charge in [-0.3, -0.25) is 0 Å². The molecule has 0 saturated carbocycles. The molecule has 5 aromatic rings. The Bertz CT molecular complexity index is 1580. The van der Waals surface area contributed by atoms with Crippen LogP contribution in [-0.2, 0) is 0 Å². The van der Waals surface area contributed by atoms with E-state index in [-0.39, 0.29) is 6.71 Å². The Labute approximate surface area is 200 Å². The van der Waals surface area contributed by atoms with Crippen LogP contribution in [0.25, 0.3) is 19.3 Å². The molecule has 0 unspecified atom stereocenters. The van der Waals surface area contributed by atoms with Crippen molar-refractivity contribution in [2.75, 3.05) is 4.90 Å². The molecule has 7 rings (SSSR count). The molecule has 0 amide bonds. The van der Waals surface area contributed by atoms with E-state index in [1.165, 1.54) is 48.5 Å². The molecule has 0 atom stereocenters. The second-order valence-corrected chi connectivity index (χ2v) is 11.0. The predicted octanol–water partition coefficient (Wildman–Crippen LogP) is 5.95. The molecule has 1 nitrogen and oxygen atoms in total. The Morgan fingerprint density at radius 2 is 1.36 bits per heavy atom. The first-order chi connectivity index (χ1) is 16.4. The third kappa shape index (κ3) is 2.93. The number of allylic oxidation sites excluding steroid dienone is 3. The summed E-state index contributed by atoms with van der Waals surface area (Å²) >= 11 is 0.340. The standard InChI is InChI=1S/C30H22BNSe/c1-2-11-21(12-3-1)32-27-18-7-5-15-24(27)31(25-16-6-8-19-28(25)32)26-17-10-14-23-22-13-4-9-20-29(22)33-30(23)26/h1-5,7,9-20H,6,8H2. The molecule has 1 aliphatic carbocycles. The van der Waals surface area contributed by atoms with E-state index >= 15 is 0 Å². The van der Waals surface area contributed by atoms with Crippen LogP contribution in [0.5, 0.6) is 0 Å². The van der Waals surface area contributed by atoms with Crippen molar-refractivity contribution in [3.05, 3.63) is 120 Å². The van der Waals surface area contributed by atoms with Gasteiger partial charge in [-0.05, 0) is 0 Å². The third-order valence-corrected chi connectivity index (χ3v) is 9.56. The average Bonchev–Trinajstić information content (AvgIpc) is 3.27. The first kappa shape index (κ1) is 19.2. The van der Waals surface area contributed by atoms with E-state index < -0.39 is 0 Å². The fraction of sp³-hybridized carbons (Fsp3) is 0.0667. The van der Waals surface area contributed by atoms with Gasteiger partial charge < -0.3 is 0 Å². The van der Waals surface area contributed by atoms with Crippen molar-refractivity contribution in [3.63, 3.8) is 0 Å². The van der Waals surface area contributed by atoms with Gasteiger partial charge in [0.2, 0.25) is 0 Å². The maximum absolute atomic E-state index is 2.50. The number of nitrogens with zero attached hydrogens (tertiary/aromatic N) is 1. The minimum absolute atomic E-state index is 0.277. The van der Waals surface area contributed by atoms with Crippen LogP contribution in [0.3, 0.4) is 0 Å². The van der Waals surface area contributed by atoms with Crippen LogP contribution < -0.4 is 15.8 Å². The molecule has 2 heterocycles. The van der Waals surface area contributed by atoms with Gasteiger partial charge in [-0.25, -0.2) is 0 Å². The van der Waals surface area contributed by atoms with Crippen LogP contribution in [0.1, 0.15) is 12.8 Å². The van der Waals surface area contributed by atoms with E-state index in [0.29, 0.717) is 14.5 Å². The van der Waals surface area contributed by atoms with E-state index in [9.17, 15) is 0 Å². The molecular formula is C30H22BNSe. The summed E-state index contributed by atoms with van der Waals surface area (Å²) in [4.78, 5) is 2.47. The third-order valence-electron chi connectivity index (χ3n) is 6.97. The molecule has 3 heteroatoms. The minimum atomic E-state index is 0.277. The van der Waals surface area contributed by atoms with Crippen LogP contribution in [0, 0.1) is 0 Å². The fourth-order valence-corrected chi connectivity index (χ4v) is 8.20. The SMILES string of the molecule is C1=C2B(c3cccc4c3[se]c3ccccc34)c3ccccc3N(c3ccccc3)C2=CCC1. The Hall–Kier alpha value is -3.26. The Morgan fingerprint density at radius 3 is 2.30 bits per heavy atom. The second kappa shape index (κ2) is 7.66. The van der Waals surface area contributed by atoms with Gasteiger partial charge in [-0.2, -0.15) is 0 Å². The first-order valence-electron chi connectivity index (χ1n) is 11.6. The molecule has 1 aliphatic heterocycles. The molecule has 156 valence electrons. The van der Waals surface area contributed by atoms with Crippen molar-refractivity contribution in [2.45, 2.75) is 12.8 Å². The summed E-state index contributed by atoms with van der Waals surface area (Å²) in [5.41, 5.74) is 8.26. The van der Waals surface area contributed by atoms with Crippen LogP contribution in [0.4, 0.5) is 11.4 Å². The summed E-state index contributed by atoms with van der Waals surface area (Å²) in [7, 11) is 0. The number of rotatable bonds is 2. The molecule has 0 spiro atoms. The molecule has 33 heavy (non-hydrogen) atoms. The molecule has 4 aromatic carbocycles. The van der Waals surface area contributed by atoms with E-state index in [4.69, 9.17) is 0 Å². The Balaban J connectivity index is 1.53. The zero-order valence-corrected chi connectivity index (χ0v) is 20.0. The Kier molecular flexibility index (Phi) is 4.46. The molecular weight excluding hydrogens is 464 g/mol. The van der Waals surface area contributed by atoms with E-state index in [0.717, 1.165) is 12.8 Å². The van der Waals surface area contributed by atoms with Crippen LogP contribution in [0.15, 0.2) is 120 Å². The van der Waals surface area contributed by atoms with Gasteiger partial charge in [0, 0.05) is 0 Å². The zero-order chi connectivity index (χ0) is 21.8. The van der Waals surface area contributed by atoms with Gasteiger partial charge in [0.05, 0.1) is 0 Å². The molecule has 1 aromatic heterocycles. The number of benzene rings is 4. The van der Waals surface area contributed by atoms with Gasteiger partial charge >= 0.3 is 201 Å². The summed E-state index contributed by atoms with van der Waals surface area (Å²) < 4.78 is 3.07. The van der Waals surface area contributed by atoms with Crippen molar-refractivity contribution in [1.29, 1.82) is 0 Å². The number of para-hydroxylation sites is 2. The average molecular weight is 486 g/mol. The van der Waals surface area contributed by atoms with Crippen LogP contribution in [-0.4, -0.2) is 21.2 Å². The van der Waals surface area contributed by atoms with E-state index in [1.807, 2.05) is 0 Å². The van der Waals surface area contributed by atoms with Gasteiger partial charge in [-0.1, -0.05) is 0 Å². The monoisotopic (exact) mass is 487 g/mol. The van der Waals surface area contributed by atoms with Crippen molar-refractivity contribution in [2.24, 2.45) is 0 Å². The normalized spacial score (nSPS) is 15.3. The number of anilines is 2. The number of hydrogen-bond acceptors (Lipinski definition) is 1. The fourth-order valence-electron chi connectivity index (χ4n) is 5.59. The van der Waals surface area contributed by atoms with Gasteiger partial charge in [0.1, 0.15) is 0 Å². The first-order valence-corrected chi connectivity index (χ1v) is 13.4. The second-order valence-electron chi connectivity index (χ2n) is 8.81. The summed E-state index contributed by atoms with van der Waals surface area (Å²) in [5, 5.41) is 2.87. The maximum atomic E-state index is 2.50.